The Bertz CT molecular complexity index is 392. The van der Waals surface area contributed by atoms with Crippen LogP contribution in [0.3, 0.4) is 0 Å². The molecule has 2 unspecified atom stereocenters. The molecule has 2 atom stereocenters. The fraction of sp³-hybridized carbons (Fsp3) is 0.625. The van der Waals surface area contributed by atoms with Gasteiger partial charge in [-0.3, -0.25) is 0 Å². The Hall–Kier alpha value is -0.860. The van der Waals surface area contributed by atoms with E-state index in [1.807, 2.05) is 0 Å². The normalized spacial score (nSPS) is 21.5. The Kier molecular flexibility index (Phi) is 4.41. The van der Waals surface area contributed by atoms with E-state index >= 15 is 0 Å². The molecular formula is C16H26N2. The summed E-state index contributed by atoms with van der Waals surface area (Å²) in [5, 5.41) is 3.53. The highest BCUT2D eigenvalue weighted by Gasteiger charge is 2.19. The van der Waals surface area contributed by atoms with Crippen molar-refractivity contribution in [1.82, 2.24) is 5.32 Å². The molecular weight excluding hydrogens is 220 g/mol. The molecule has 0 bridgehead atoms. The van der Waals surface area contributed by atoms with Gasteiger partial charge in [0.2, 0.25) is 0 Å². The van der Waals surface area contributed by atoms with Crippen LogP contribution >= 0.6 is 0 Å². The highest BCUT2D eigenvalue weighted by Crippen LogP contribution is 2.26. The maximum atomic E-state index is 6.40. The number of nitrogens with one attached hydrogen (secondary N) is 1. The highest BCUT2D eigenvalue weighted by molar-refractivity contribution is 5.34. The quantitative estimate of drug-likeness (QED) is 0.855. The van der Waals surface area contributed by atoms with Crippen molar-refractivity contribution in [3.8, 4) is 0 Å². The molecule has 0 saturated carbocycles. The minimum absolute atomic E-state index is 0.166. The second-order valence-electron chi connectivity index (χ2n) is 5.91. The lowest BCUT2D eigenvalue weighted by Crippen LogP contribution is -2.27. The summed E-state index contributed by atoms with van der Waals surface area (Å²) in [4.78, 5) is 0. The van der Waals surface area contributed by atoms with E-state index in [2.05, 4.69) is 44.3 Å². The molecule has 1 aliphatic heterocycles. The minimum atomic E-state index is 0.166. The first-order valence-electron chi connectivity index (χ1n) is 7.17. The van der Waals surface area contributed by atoms with Crippen LogP contribution in [0.15, 0.2) is 18.2 Å². The predicted molar refractivity (Wildman–Crippen MR) is 77.8 cm³/mol. The van der Waals surface area contributed by atoms with Gasteiger partial charge >= 0.3 is 0 Å². The van der Waals surface area contributed by atoms with E-state index in [0.29, 0.717) is 12.0 Å². The van der Waals surface area contributed by atoms with Gasteiger partial charge in [-0.05, 0) is 55.3 Å². The largest absolute Gasteiger partial charge is 0.324 e. The van der Waals surface area contributed by atoms with Crippen LogP contribution < -0.4 is 11.1 Å². The number of nitrogens with two attached hydrogens (primary N) is 1. The first kappa shape index (κ1) is 13.6. The molecule has 1 aromatic carbocycles. The van der Waals surface area contributed by atoms with E-state index in [1.165, 1.54) is 29.5 Å². The van der Waals surface area contributed by atoms with Gasteiger partial charge in [-0.2, -0.15) is 0 Å². The molecule has 1 aliphatic rings. The number of hydrogen-bond donors (Lipinski definition) is 2. The lowest BCUT2D eigenvalue weighted by atomic mass is 9.91. The molecule has 2 rings (SSSR count). The SMILES string of the molecule is Cc1ccc(C(C)C)cc1C(N)CC1CCCN1. The zero-order valence-corrected chi connectivity index (χ0v) is 11.9. The second-order valence-corrected chi connectivity index (χ2v) is 5.91. The Balaban J connectivity index is 2.12. The van der Waals surface area contributed by atoms with Crippen LogP contribution in [-0.2, 0) is 0 Å². The Morgan fingerprint density at radius 2 is 2.17 bits per heavy atom. The molecule has 18 heavy (non-hydrogen) atoms. The fourth-order valence-corrected chi connectivity index (χ4v) is 2.81. The van der Waals surface area contributed by atoms with Gasteiger partial charge in [0.1, 0.15) is 0 Å². The molecule has 1 heterocycles. The summed E-state index contributed by atoms with van der Waals surface area (Å²) in [6.07, 6.45) is 3.63. The van der Waals surface area contributed by atoms with Crippen molar-refractivity contribution in [2.45, 2.75) is 58.0 Å². The van der Waals surface area contributed by atoms with Crippen molar-refractivity contribution in [1.29, 1.82) is 0 Å². The van der Waals surface area contributed by atoms with E-state index in [4.69, 9.17) is 5.73 Å². The smallest absolute Gasteiger partial charge is 0.0312 e. The molecule has 1 aromatic rings. The lowest BCUT2D eigenvalue weighted by Gasteiger charge is -2.20. The summed E-state index contributed by atoms with van der Waals surface area (Å²) in [6, 6.07) is 7.53. The molecule has 0 radical (unpaired) electrons. The van der Waals surface area contributed by atoms with Crippen LogP contribution in [0.4, 0.5) is 0 Å². The van der Waals surface area contributed by atoms with Crippen molar-refractivity contribution >= 4 is 0 Å². The molecule has 0 aliphatic carbocycles. The lowest BCUT2D eigenvalue weighted by molar-refractivity contribution is 0.497. The first-order valence-corrected chi connectivity index (χ1v) is 7.17. The average Bonchev–Trinajstić information content (AvgIpc) is 2.81. The van der Waals surface area contributed by atoms with Gasteiger partial charge in [-0.1, -0.05) is 32.0 Å². The van der Waals surface area contributed by atoms with Crippen LogP contribution in [0.25, 0.3) is 0 Å². The van der Waals surface area contributed by atoms with E-state index < -0.39 is 0 Å². The molecule has 2 heteroatoms. The Labute approximate surface area is 111 Å². The first-order chi connectivity index (χ1) is 8.58. The summed E-state index contributed by atoms with van der Waals surface area (Å²) >= 11 is 0. The van der Waals surface area contributed by atoms with Gasteiger partial charge in [0.25, 0.3) is 0 Å². The minimum Gasteiger partial charge on any atom is -0.324 e. The van der Waals surface area contributed by atoms with Crippen LogP contribution in [0.5, 0.6) is 0 Å². The predicted octanol–water partition coefficient (Wildman–Crippen LogP) is 3.26. The topological polar surface area (TPSA) is 38.0 Å². The van der Waals surface area contributed by atoms with Crippen molar-refractivity contribution < 1.29 is 0 Å². The van der Waals surface area contributed by atoms with Crippen molar-refractivity contribution in [2.24, 2.45) is 5.73 Å². The number of aryl methyl sites for hydroxylation is 1. The van der Waals surface area contributed by atoms with Crippen molar-refractivity contribution in [2.75, 3.05) is 6.54 Å². The van der Waals surface area contributed by atoms with Crippen LogP contribution in [0.1, 0.15) is 61.8 Å². The highest BCUT2D eigenvalue weighted by atomic mass is 14.9. The molecule has 1 fully saturated rings. The molecule has 0 aromatic heterocycles. The van der Waals surface area contributed by atoms with Crippen LogP contribution in [0.2, 0.25) is 0 Å². The van der Waals surface area contributed by atoms with Crippen molar-refractivity contribution in [3.63, 3.8) is 0 Å². The van der Waals surface area contributed by atoms with Gasteiger partial charge in [-0.15, -0.1) is 0 Å². The van der Waals surface area contributed by atoms with Crippen LogP contribution in [0, 0.1) is 6.92 Å². The van der Waals surface area contributed by atoms with Gasteiger partial charge in [0.05, 0.1) is 0 Å². The summed E-state index contributed by atoms with van der Waals surface area (Å²) in [6.45, 7) is 7.79. The fourth-order valence-electron chi connectivity index (χ4n) is 2.81. The number of rotatable bonds is 4. The number of hydrogen-bond acceptors (Lipinski definition) is 2. The number of benzene rings is 1. The average molecular weight is 246 g/mol. The van der Waals surface area contributed by atoms with E-state index in [9.17, 15) is 0 Å². The van der Waals surface area contributed by atoms with Crippen molar-refractivity contribution in [3.05, 3.63) is 34.9 Å². The molecule has 3 N–H and O–H groups in total. The molecule has 2 nitrogen and oxygen atoms in total. The van der Waals surface area contributed by atoms with Crippen LogP contribution in [-0.4, -0.2) is 12.6 Å². The third-order valence-electron chi connectivity index (χ3n) is 4.07. The molecule has 0 amide bonds. The summed E-state index contributed by atoms with van der Waals surface area (Å²) < 4.78 is 0. The maximum absolute atomic E-state index is 6.40. The van der Waals surface area contributed by atoms with E-state index in [-0.39, 0.29) is 6.04 Å². The van der Waals surface area contributed by atoms with Gasteiger partial charge in [0, 0.05) is 12.1 Å². The molecule has 0 spiro atoms. The summed E-state index contributed by atoms with van der Waals surface area (Å²) in [7, 11) is 0. The summed E-state index contributed by atoms with van der Waals surface area (Å²) in [5.74, 6) is 0.571. The zero-order valence-electron chi connectivity index (χ0n) is 11.9. The van der Waals surface area contributed by atoms with E-state index in [0.717, 1.165) is 13.0 Å². The standard InChI is InChI=1S/C16H26N2/c1-11(2)13-7-6-12(3)15(9-13)16(17)10-14-5-4-8-18-14/h6-7,9,11,14,16,18H,4-5,8,10,17H2,1-3H3. The van der Waals surface area contributed by atoms with E-state index in [1.54, 1.807) is 0 Å². The van der Waals surface area contributed by atoms with Gasteiger partial charge in [0.15, 0.2) is 0 Å². The third kappa shape index (κ3) is 3.12. The second kappa shape index (κ2) is 5.85. The van der Waals surface area contributed by atoms with Gasteiger partial charge in [-0.25, -0.2) is 0 Å². The zero-order chi connectivity index (χ0) is 13.1. The molecule has 1 saturated heterocycles. The maximum Gasteiger partial charge on any atom is 0.0312 e. The third-order valence-corrected chi connectivity index (χ3v) is 4.07. The molecule has 100 valence electrons. The van der Waals surface area contributed by atoms with Gasteiger partial charge < -0.3 is 11.1 Å². The monoisotopic (exact) mass is 246 g/mol. The summed E-state index contributed by atoms with van der Waals surface area (Å²) in [5.41, 5.74) is 10.5. The Morgan fingerprint density at radius 1 is 1.39 bits per heavy atom. The Morgan fingerprint density at radius 3 is 2.78 bits per heavy atom.